The molecule has 0 aliphatic carbocycles. The van der Waals surface area contributed by atoms with E-state index >= 15 is 0 Å². The Balaban J connectivity index is 1.77. The number of rotatable bonds is 4. The molecule has 1 aromatic heterocycles. The van der Waals surface area contributed by atoms with Crippen LogP contribution in [0.3, 0.4) is 0 Å². The number of carbonyl (C=O) groups excluding carboxylic acids is 1. The Morgan fingerprint density at radius 3 is 2.00 bits per heavy atom. The zero-order chi connectivity index (χ0) is 17.9. The molecular formula is C21H18N4O. The SMILES string of the molecule is CC(C(=O)n1nnc2ccccc21)N(c1ccccc1)c1ccccc1. The van der Waals surface area contributed by atoms with Gasteiger partial charge in [0.1, 0.15) is 11.6 Å². The second-order valence-corrected chi connectivity index (χ2v) is 6.05. The van der Waals surface area contributed by atoms with Gasteiger partial charge in [0.15, 0.2) is 0 Å². The number of aromatic nitrogens is 3. The lowest BCUT2D eigenvalue weighted by atomic mass is 10.1. The predicted octanol–water partition coefficient (Wildman–Crippen LogP) is 4.30. The summed E-state index contributed by atoms with van der Waals surface area (Å²) in [5, 5.41) is 8.18. The van der Waals surface area contributed by atoms with Crippen molar-refractivity contribution in [1.82, 2.24) is 15.0 Å². The maximum atomic E-state index is 13.2. The highest BCUT2D eigenvalue weighted by Crippen LogP contribution is 2.28. The first-order valence-electron chi connectivity index (χ1n) is 8.50. The molecule has 0 saturated carbocycles. The summed E-state index contributed by atoms with van der Waals surface area (Å²) in [6, 6.07) is 26.8. The summed E-state index contributed by atoms with van der Waals surface area (Å²) in [5.74, 6) is -0.133. The van der Waals surface area contributed by atoms with E-state index in [2.05, 4.69) is 10.3 Å². The molecule has 0 radical (unpaired) electrons. The van der Waals surface area contributed by atoms with Gasteiger partial charge in [0.2, 0.25) is 0 Å². The van der Waals surface area contributed by atoms with Gasteiger partial charge in [0.25, 0.3) is 5.91 Å². The van der Waals surface area contributed by atoms with Crippen LogP contribution < -0.4 is 4.90 Å². The molecule has 0 saturated heterocycles. The molecule has 0 aliphatic heterocycles. The third-order valence-electron chi connectivity index (χ3n) is 4.37. The summed E-state index contributed by atoms with van der Waals surface area (Å²) in [4.78, 5) is 15.2. The van der Waals surface area contributed by atoms with Gasteiger partial charge in [-0.05, 0) is 43.3 Å². The average Bonchev–Trinajstić information content (AvgIpc) is 3.13. The maximum Gasteiger partial charge on any atom is 0.271 e. The van der Waals surface area contributed by atoms with Crippen LogP contribution >= 0.6 is 0 Å². The molecule has 5 heteroatoms. The van der Waals surface area contributed by atoms with Crippen molar-refractivity contribution in [1.29, 1.82) is 0 Å². The third kappa shape index (κ3) is 2.84. The lowest BCUT2D eigenvalue weighted by Crippen LogP contribution is -2.39. The van der Waals surface area contributed by atoms with Crippen LogP contribution in [0.1, 0.15) is 11.7 Å². The van der Waals surface area contributed by atoms with Crippen LogP contribution in [0.15, 0.2) is 84.9 Å². The van der Waals surface area contributed by atoms with Crippen LogP contribution in [-0.4, -0.2) is 26.9 Å². The molecule has 5 nitrogen and oxygen atoms in total. The second-order valence-electron chi connectivity index (χ2n) is 6.05. The van der Waals surface area contributed by atoms with Crippen molar-refractivity contribution >= 4 is 28.3 Å². The minimum Gasteiger partial charge on any atom is -0.329 e. The van der Waals surface area contributed by atoms with Crippen LogP contribution in [-0.2, 0) is 0 Å². The number of anilines is 2. The number of hydrogen-bond donors (Lipinski definition) is 0. The molecule has 3 aromatic carbocycles. The molecule has 0 fully saturated rings. The first kappa shape index (κ1) is 16.0. The van der Waals surface area contributed by atoms with E-state index in [1.165, 1.54) is 4.68 Å². The minimum absolute atomic E-state index is 0.133. The Bertz CT molecular complexity index is 988. The van der Waals surface area contributed by atoms with Gasteiger partial charge in [0, 0.05) is 11.4 Å². The molecule has 0 spiro atoms. The maximum absolute atomic E-state index is 13.2. The van der Waals surface area contributed by atoms with Crippen LogP contribution in [0.4, 0.5) is 11.4 Å². The predicted molar refractivity (Wildman–Crippen MR) is 103 cm³/mol. The molecular weight excluding hydrogens is 324 g/mol. The summed E-state index contributed by atoms with van der Waals surface area (Å²) in [6.07, 6.45) is 0. The molecule has 1 atom stereocenters. The number of nitrogens with zero attached hydrogens (tertiary/aromatic N) is 4. The molecule has 1 unspecified atom stereocenters. The van der Waals surface area contributed by atoms with Gasteiger partial charge in [-0.2, -0.15) is 4.68 Å². The van der Waals surface area contributed by atoms with E-state index in [1.54, 1.807) is 0 Å². The summed E-state index contributed by atoms with van der Waals surface area (Å²) in [6.45, 7) is 1.89. The minimum atomic E-state index is -0.454. The van der Waals surface area contributed by atoms with Gasteiger partial charge < -0.3 is 4.90 Å². The van der Waals surface area contributed by atoms with Gasteiger partial charge in [-0.15, -0.1) is 5.10 Å². The Morgan fingerprint density at radius 1 is 0.846 bits per heavy atom. The average molecular weight is 342 g/mol. The number of carbonyl (C=O) groups is 1. The molecule has 26 heavy (non-hydrogen) atoms. The Morgan fingerprint density at radius 2 is 1.38 bits per heavy atom. The summed E-state index contributed by atoms with van der Waals surface area (Å²) in [5.41, 5.74) is 3.32. The molecule has 0 amide bonds. The van der Waals surface area contributed by atoms with Crippen molar-refractivity contribution in [3.8, 4) is 0 Å². The number of para-hydroxylation sites is 3. The van der Waals surface area contributed by atoms with Crippen LogP contribution in [0.5, 0.6) is 0 Å². The number of benzene rings is 3. The fraction of sp³-hybridized carbons (Fsp3) is 0.0952. The highest BCUT2D eigenvalue weighted by atomic mass is 16.2. The van der Waals surface area contributed by atoms with Crippen LogP contribution in [0.2, 0.25) is 0 Å². The topological polar surface area (TPSA) is 51.0 Å². The van der Waals surface area contributed by atoms with E-state index in [4.69, 9.17) is 0 Å². The second kappa shape index (κ2) is 6.80. The first-order chi connectivity index (χ1) is 12.8. The van der Waals surface area contributed by atoms with Crippen molar-refractivity contribution in [2.75, 3.05) is 4.90 Å². The quantitative estimate of drug-likeness (QED) is 0.555. The van der Waals surface area contributed by atoms with E-state index in [0.717, 1.165) is 11.4 Å². The Kier molecular flexibility index (Phi) is 4.19. The third-order valence-corrected chi connectivity index (χ3v) is 4.37. The summed E-state index contributed by atoms with van der Waals surface area (Å²) in [7, 11) is 0. The molecule has 4 rings (SSSR count). The summed E-state index contributed by atoms with van der Waals surface area (Å²) >= 11 is 0. The summed E-state index contributed by atoms with van der Waals surface area (Å²) < 4.78 is 1.39. The van der Waals surface area contributed by atoms with Crippen LogP contribution in [0.25, 0.3) is 11.0 Å². The van der Waals surface area contributed by atoms with E-state index < -0.39 is 6.04 Å². The van der Waals surface area contributed by atoms with Crippen molar-refractivity contribution in [2.24, 2.45) is 0 Å². The lowest BCUT2D eigenvalue weighted by molar-refractivity contribution is 0.0874. The van der Waals surface area contributed by atoms with E-state index in [9.17, 15) is 4.79 Å². The molecule has 0 N–H and O–H groups in total. The van der Waals surface area contributed by atoms with Crippen molar-refractivity contribution in [3.63, 3.8) is 0 Å². The lowest BCUT2D eigenvalue weighted by Gasteiger charge is -2.30. The molecule has 1 heterocycles. The zero-order valence-corrected chi connectivity index (χ0v) is 14.4. The van der Waals surface area contributed by atoms with E-state index in [0.29, 0.717) is 11.0 Å². The van der Waals surface area contributed by atoms with Crippen LogP contribution in [0, 0.1) is 0 Å². The molecule has 4 aromatic rings. The monoisotopic (exact) mass is 342 g/mol. The fourth-order valence-corrected chi connectivity index (χ4v) is 3.09. The highest BCUT2D eigenvalue weighted by molar-refractivity contribution is 5.94. The van der Waals surface area contributed by atoms with Crippen molar-refractivity contribution in [2.45, 2.75) is 13.0 Å². The smallest absolute Gasteiger partial charge is 0.271 e. The number of fused-ring (bicyclic) bond motifs is 1. The first-order valence-corrected chi connectivity index (χ1v) is 8.50. The standard InChI is InChI=1S/C21H18N4O/c1-16(21(26)25-20-15-9-8-14-19(20)22-23-25)24(17-10-4-2-5-11-17)18-12-6-3-7-13-18/h2-16H,1H3. The van der Waals surface area contributed by atoms with Gasteiger partial charge in [-0.1, -0.05) is 53.7 Å². The van der Waals surface area contributed by atoms with Crippen molar-refractivity contribution < 1.29 is 4.79 Å². The largest absolute Gasteiger partial charge is 0.329 e. The fourth-order valence-electron chi connectivity index (χ4n) is 3.09. The van der Waals surface area contributed by atoms with Gasteiger partial charge in [0.05, 0.1) is 5.52 Å². The molecule has 128 valence electrons. The normalized spacial score (nSPS) is 12.0. The van der Waals surface area contributed by atoms with Gasteiger partial charge >= 0.3 is 0 Å². The van der Waals surface area contributed by atoms with Gasteiger partial charge in [-0.25, -0.2) is 0 Å². The van der Waals surface area contributed by atoms with E-state index in [1.807, 2.05) is 96.8 Å². The Hall–Kier alpha value is -3.47. The van der Waals surface area contributed by atoms with Gasteiger partial charge in [-0.3, -0.25) is 4.79 Å². The Labute approximate surface area is 151 Å². The molecule has 0 aliphatic rings. The van der Waals surface area contributed by atoms with Crippen molar-refractivity contribution in [3.05, 3.63) is 84.9 Å². The zero-order valence-electron chi connectivity index (χ0n) is 14.4. The van der Waals surface area contributed by atoms with E-state index in [-0.39, 0.29) is 5.91 Å². The number of hydrogen-bond acceptors (Lipinski definition) is 4. The molecule has 0 bridgehead atoms. The highest BCUT2D eigenvalue weighted by Gasteiger charge is 2.26.